The average molecular weight is 379 g/mol. The number of halogens is 2. The number of benzene rings is 2. The van der Waals surface area contributed by atoms with Crippen molar-refractivity contribution in [3.05, 3.63) is 57.4 Å². The summed E-state index contributed by atoms with van der Waals surface area (Å²) in [6.07, 6.45) is 0. The van der Waals surface area contributed by atoms with Crippen LogP contribution in [-0.4, -0.2) is 18.0 Å². The van der Waals surface area contributed by atoms with Gasteiger partial charge in [-0.15, -0.1) is 11.3 Å². The molecule has 3 aromatic rings. The van der Waals surface area contributed by atoms with E-state index in [0.717, 1.165) is 11.3 Å². The van der Waals surface area contributed by atoms with Crippen molar-refractivity contribution in [2.45, 2.75) is 0 Å². The summed E-state index contributed by atoms with van der Waals surface area (Å²) in [5.74, 6) is 0.104. The third-order valence-electron chi connectivity index (χ3n) is 3.39. The van der Waals surface area contributed by atoms with Crippen LogP contribution in [0.1, 0.15) is 10.4 Å². The van der Waals surface area contributed by atoms with Gasteiger partial charge in [0.1, 0.15) is 10.8 Å². The predicted octanol–water partition coefficient (Wildman–Crippen LogP) is 4.89. The zero-order valence-electron chi connectivity index (χ0n) is 12.5. The highest BCUT2D eigenvalue weighted by Crippen LogP contribution is 2.34. The van der Waals surface area contributed by atoms with Crippen molar-refractivity contribution in [1.82, 2.24) is 4.98 Å². The second kappa shape index (κ2) is 6.81. The van der Waals surface area contributed by atoms with Gasteiger partial charge in [0.05, 0.1) is 12.8 Å². The van der Waals surface area contributed by atoms with Gasteiger partial charge in [-0.05, 0) is 36.4 Å². The summed E-state index contributed by atoms with van der Waals surface area (Å²) in [6.45, 7) is 0. The first-order valence-electron chi connectivity index (χ1n) is 6.88. The molecule has 0 aliphatic heterocycles. The van der Waals surface area contributed by atoms with E-state index < -0.39 is 5.91 Å². The van der Waals surface area contributed by atoms with Crippen LogP contribution in [0.25, 0.3) is 21.8 Å². The van der Waals surface area contributed by atoms with Crippen LogP contribution in [0, 0.1) is 0 Å². The fourth-order valence-corrected chi connectivity index (χ4v) is 3.66. The molecular formula is C17H12Cl2N2O2S. The zero-order chi connectivity index (χ0) is 17.3. The number of nitrogens with two attached hydrogens (primary N) is 1. The van der Waals surface area contributed by atoms with Crippen molar-refractivity contribution in [3.8, 4) is 27.6 Å². The number of thiazole rings is 1. The molecule has 4 nitrogen and oxygen atoms in total. The van der Waals surface area contributed by atoms with Gasteiger partial charge in [-0.1, -0.05) is 23.2 Å². The molecule has 3 rings (SSSR count). The van der Waals surface area contributed by atoms with E-state index in [1.165, 1.54) is 11.3 Å². The Balaban J connectivity index is 2.09. The fraction of sp³-hybridized carbons (Fsp3) is 0.0588. The molecule has 0 fully saturated rings. The molecule has 0 saturated carbocycles. The van der Waals surface area contributed by atoms with Gasteiger partial charge in [0, 0.05) is 32.1 Å². The Kier molecular flexibility index (Phi) is 4.76. The van der Waals surface area contributed by atoms with E-state index in [2.05, 4.69) is 4.98 Å². The molecule has 0 aliphatic carbocycles. The summed E-state index contributed by atoms with van der Waals surface area (Å²) in [7, 11) is 1.56. The Morgan fingerprint density at radius 1 is 1.17 bits per heavy atom. The van der Waals surface area contributed by atoms with E-state index in [-0.39, 0.29) is 0 Å². The van der Waals surface area contributed by atoms with Gasteiger partial charge >= 0.3 is 0 Å². The van der Waals surface area contributed by atoms with Crippen molar-refractivity contribution < 1.29 is 9.53 Å². The van der Waals surface area contributed by atoms with Crippen LogP contribution in [0.5, 0.6) is 5.75 Å². The number of amides is 1. The molecule has 0 atom stereocenters. The summed E-state index contributed by atoms with van der Waals surface area (Å²) in [5.41, 5.74) is 8.01. The Bertz CT molecular complexity index is 904. The Morgan fingerprint density at radius 3 is 2.50 bits per heavy atom. The number of carbonyl (C=O) groups excluding carboxylic acids is 1. The molecule has 0 aliphatic rings. The number of hydrogen-bond donors (Lipinski definition) is 1. The Labute approximate surface area is 152 Å². The fourth-order valence-electron chi connectivity index (χ4n) is 2.27. The highest BCUT2D eigenvalue weighted by atomic mass is 35.5. The maximum absolute atomic E-state index is 11.7. The molecule has 0 radical (unpaired) electrons. The molecule has 24 heavy (non-hydrogen) atoms. The second-order valence-electron chi connectivity index (χ2n) is 4.97. The average Bonchev–Trinajstić information content (AvgIpc) is 3.03. The van der Waals surface area contributed by atoms with Crippen molar-refractivity contribution in [1.29, 1.82) is 0 Å². The van der Waals surface area contributed by atoms with Crippen LogP contribution in [-0.2, 0) is 0 Å². The van der Waals surface area contributed by atoms with E-state index in [4.69, 9.17) is 33.7 Å². The summed E-state index contributed by atoms with van der Waals surface area (Å²) >= 11 is 13.5. The van der Waals surface area contributed by atoms with Crippen molar-refractivity contribution >= 4 is 40.4 Å². The lowest BCUT2D eigenvalue weighted by molar-refractivity contribution is 0.100. The summed E-state index contributed by atoms with van der Waals surface area (Å²) in [5, 5.41) is 3.60. The molecular weight excluding hydrogens is 367 g/mol. The highest BCUT2D eigenvalue weighted by Gasteiger charge is 2.15. The number of aromatic nitrogens is 1. The smallest absolute Gasteiger partial charge is 0.249 e. The van der Waals surface area contributed by atoms with Crippen LogP contribution in [0.4, 0.5) is 0 Å². The van der Waals surface area contributed by atoms with Gasteiger partial charge in [-0.25, -0.2) is 4.98 Å². The molecule has 2 N–H and O–H groups in total. The first-order chi connectivity index (χ1) is 11.5. The summed E-state index contributed by atoms with van der Waals surface area (Å²) in [4.78, 5) is 16.3. The van der Waals surface area contributed by atoms with Gasteiger partial charge in [0.15, 0.2) is 0 Å². The van der Waals surface area contributed by atoms with Crippen LogP contribution in [0.3, 0.4) is 0 Å². The summed E-state index contributed by atoms with van der Waals surface area (Å²) in [6, 6.07) is 10.3. The second-order valence-corrected chi connectivity index (χ2v) is 6.70. The van der Waals surface area contributed by atoms with Crippen LogP contribution in [0.15, 0.2) is 41.8 Å². The van der Waals surface area contributed by atoms with Gasteiger partial charge in [0.25, 0.3) is 0 Å². The van der Waals surface area contributed by atoms with Gasteiger partial charge in [0.2, 0.25) is 5.91 Å². The largest absolute Gasteiger partial charge is 0.497 e. The quantitative estimate of drug-likeness (QED) is 0.702. The lowest BCUT2D eigenvalue weighted by atomic mass is 10.1. The summed E-state index contributed by atoms with van der Waals surface area (Å²) < 4.78 is 5.22. The van der Waals surface area contributed by atoms with Crippen LogP contribution < -0.4 is 10.5 Å². The minimum atomic E-state index is -0.518. The number of methoxy groups -OCH3 is 1. The molecule has 122 valence electrons. The first-order valence-corrected chi connectivity index (χ1v) is 8.51. The first kappa shape index (κ1) is 16.8. The van der Waals surface area contributed by atoms with E-state index in [1.54, 1.807) is 43.5 Å². The third kappa shape index (κ3) is 3.38. The van der Waals surface area contributed by atoms with E-state index in [0.29, 0.717) is 31.9 Å². The minimum absolute atomic E-state index is 0.390. The lowest BCUT2D eigenvalue weighted by Gasteiger charge is -2.06. The lowest BCUT2D eigenvalue weighted by Crippen LogP contribution is -2.12. The SMILES string of the molecule is COc1ccc(C(N)=O)c(-c2nc(-c3cc(Cl)cc(Cl)c3)cs2)c1. The van der Waals surface area contributed by atoms with Crippen molar-refractivity contribution in [3.63, 3.8) is 0 Å². The number of hydrogen-bond acceptors (Lipinski definition) is 4. The molecule has 1 heterocycles. The van der Waals surface area contributed by atoms with Crippen LogP contribution in [0.2, 0.25) is 10.0 Å². The normalized spacial score (nSPS) is 10.6. The standard InChI is InChI=1S/C17H12Cl2N2O2S/c1-23-12-2-3-13(16(20)22)14(7-12)17-21-15(8-24-17)9-4-10(18)6-11(19)5-9/h2-8H,1H3,(H2,20,22). The van der Waals surface area contributed by atoms with Gasteiger partial charge in [-0.2, -0.15) is 0 Å². The predicted molar refractivity (Wildman–Crippen MR) is 98.1 cm³/mol. The Hall–Kier alpha value is -2.08. The monoisotopic (exact) mass is 378 g/mol. The minimum Gasteiger partial charge on any atom is -0.497 e. The number of ether oxygens (including phenoxy) is 1. The molecule has 0 unspecified atom stereocenters. The number of carbonyl (C=O) groups is 1. The van der Waals surface area contributed by atoms with E-state index >= 15 is 0 Å². The molecule has 2 aromatic carbocycles. The Morgan fingerprint density at radius 2 is 1.88 bits per heavy atom. The molecule has 0 spiro atoms. The highest BCUT2D eigenvalue weighted by molar-refractivity contribution is 7.13. The molecule has 1 amide bonds. The number of primary amides is 1. The van der Waals surface area contributed by atoms with Crippen molar-refractivity contribution in [2.24, 2.45) is 5.73 Å². The molecule has 1 aromatic heterocycles. The zero-order valence-corrected chi connectivity index (χ0v) is 14.9. The molecule has 0 bridgehead atoms. The number of rotatable bonds is 4. The van der Waals surface area contributed by atoms with E-state index in [9.17, 15) is 4.79 Å². The van der Waals surface area contributed by atoms with E-state index in [1.807, 2.05) is 5.38 Å². The number of nitrogens with zero attached hydrogens (tertiary/aromatic N) is 1. The van der Waals surface area contributed by atoms with Crippen molar-refractivity contribution in [2.75, 3.05) is 7.11 Å². The van der Waals surface area contributed by atoms with Gasteiger partial charge < -0.3 is 10.5 Å². The third-order valence-corrected chi connectivity index (χ3v) is 4.70. The maximum Gasteiger partial charge on any atom is 0.249 e. The van der Waals surface area contributed by atoms with Crippen LogP contribution >= 0.6 is 34.5 Å². The van der Waals surface area contributed by atoms with Gasteiger partial charge in [-0.3, -0.25) is 4.79 Å². The molecule has 7 heteroatoms. The maximum atomic E-state index is 11.7. The molecule has 0 saturated heterocycles. The topological polar surface area (TPSA) is 65.2 Å².